The second kappa shape index (κ2) is 9.31. The van der Waals surface area contributed by atoms with E-state index in [0.29, 0.717) is 0 Å². The molecule has 0 radical (unpaired) electrons. The lowest BCUT2D eigenvalue weighted by molar-refractivity contribution is -0.358. The van der Waals surface area contributed by atoms with Crippen molar-refractivity contribution in [2.24, 2.45) is 0 Å². The molecule has 0 aliphatic carbocycles. The van der Waals surface area contributed by atoms with Gasteiger partial charge in [-0.15, -0.1) is 0 Å². The summed E-state index contributed by atoms with van der Waals surface area (Å²) >= 11 is 0. The van der Waals surface area contributed by atoms with E-state index in [4.69, 9.17) is 10.5 Å². The first-order valence-electron chi connectivity index (χ1n) is 7.64. The molecular weight excluding hydrogens is 592 g/mol. The summed E-state index contributed by atoms with van der Waals surface area (Å²) < 4.78 is 265. The monoisotopic (exact) mass is 592 g/mol. The van der Waals surface area contributed by atoms with E-state index in [0.717, 1.165) is 0 Å². The molecule has 0 aromatic heterocycles. The molecule has 0 rings (SSSR count). The topological polar surface area (TPSA) is 56.8 Å². The lowest BCUT2D eigenvalue weighted by Crippen LogP contribution is -2.63. The van der Waals surface area contributed by atoms with Crippen molar-refractivity contribution in [1.29, 1.82) is 10.5 Å². The SMILES string of the molecule is N#CC(F)(F)C(F)(F)C(F)(F)C(F)(F)C(OC(=C(F)F)C(F)(F)C(F)(F)C(F)(F)C(F)(F)C#N)=C(F)F. The molecule has 0 atom stereocenters. The highest BCUT2D eigenvalue weighted by Crippen LogP contribution is 2.58. The van der Waals surface area contributed by atoms with E-state index in [1.807, 2.05) is 4.74 Å². The molecule has 0 saturated heterocycles. The number of halogens is 20. The maximum atomic E-state index is 13.7. The van der Waals surface area contributed by atoms with E-state index in [-0.39, 0.29) is 0 Å². The first kappa shape index (κ1) is 33.9. The van der Waals surface area contributed by atoms with E-state index in [9.17, 15) is 87.8 Å². The molecule has 0 bridgehead atoms. The normalized spacial score (nSPS) is 14.4. The maximum Gasteiger partial charge on any atom is 0.400 e. The van der Waals surface area contributed by atoms with Gasteiger partial charge in [0.2, 0.25) is 11.5 Å². The van der Waals surface area contributed by atoms with E-state index in [1.165, 1.54) is 0 Å². The molecule has 0 aliphatic heterocycles. The fourth-order valence-corrected chi connectivity index (χ4v) is 1.76. The standard InChI is InChI=1S/C14F20N2O/c15-5(16)3(9(23,24)13(31,32)11(27,28)7(19,20)1-35)37-4(6(17)18)10(25,26)14(33,34)12(29,30)8(21,22)2-36. The number of hydrogen-bond acceptors (Lipinski definition) is 3. The minimum absolute atomic E-state index is 1.00. The Hall–Kier alpha value is -3.14. The minimum Gasteiger partial charge on any atom is -0.442 e. The number of nitrogens with zero attached hydrogens (tertiary/aromatic N) is 2. The summed E-state index contributed by atoms with van der Waals surface area (Å²) in [6, 6.07) is -2.01. The molecule has 0 spiro atoms. The van der Waals surface area contributed by atoms with E-state index in [1.54, 1.807) is 0 Å². The first-order chi connectivity index (χ1) is 16.0. The van der Waals surface area contributed by atoms with Crippen LogP contribution >= 0.6 is 0 Å². The largest absolute Gasteiger partial charge is 0.442 e. The zero-order valence-electron chi connectivity index (χ0n) is 15.9. The van der Waals surface area contributed by atoms with Gasteiger partial charge in [-0.1, -0.05) is 0 Å². The Morgan fingerprint density at radius 3 is 0.811 bits per heavy atom. The highest BCUT2D eigenvalue weighted by atomic mass is 19.4. The van der Waals surface area contributed by atoms with E-state index < -0.39 is 83.2 Å². The van der Waals surface area contributed by atoms with Crippen LogP contribution in [0.2, 0.25) is 0 Å². The van der Waals surface area contributed by atoms with Crippen LogP contribution < -0.4 is 0 Å². The average Bonchev–Trinajstić information content (AvgIpc) is 2.71. The van der Waals surface area contributed by atoms with Crippen molar-refractivity contribution in [3.63, 3.8) is 0 Å². The van der Waals surface area contributed by atoms with Crippen molar-refractivity contribution in [1.82, 2.24) is 0 Å². The molecule has 0 amide bonds. The van der Waals surface area contributed by atoms with Gasteiger partial charge in [0.05, 0.1) is 0 Å². The molecular formula is C14F20N2O. The molecule has 3 nitrogen and oxygen atoms in total. The second-order valence-corrected chi connectivity index (χ2v) is 6.10. The molecule has 0 aromatic rings. The molecule has 0 N–H and O–H groups in total. The molecule has 0 heterocycles. The Labute approximate surface area is 187 Å². The zero-order chi connectivity index (χ0) is 30.4. The van der Waals surface area contributed by atoms with Crippen molar-refractivity contribution in [2.75, 3.05) is 0 Å². The third-order valence-electron chi connectivity index (χ3n) is 3.76. The van der Waals surface area contributed by atoms with Crippen molar-refractivity contribution in [2.45, 2.75) is 47.4 Å². The van der Waals surface area contributed by atoms with Crippen molar-refractivity contribution in [3.05, 3.63) is 23.7 Å². The third kappa shape index (κ3) is 4.79. The van der Waals surface area contributed by atoms with Crippen LogP contribution in [0.25, 0.3) is 0 Å². The number of rotatable bonds is 10. The van der Waals surface area contributed by atoms with Crippen molar-refractivity contribution >= 4 is 0 Å². The highest BCUT2D eigenvalue weighted by molar-refractivity contribution is 5.26. The van der Waals surface area contributed by atoms with Gasteiger partial charge in [0.25, 0.3) is 0 Å². The van der Waals surface area contributed by atoms with Crippen molar-refractivity contribution < 1.29 is 92.5 Å². The van der Waals surface area contributed by atoms with Crippen LogP contribution in [0.3, 0.4) is 0 Å². The Morgan fingerprint density at radius 1 is 0.432 bits per heavy atom. The summed E-state index contributed by atoms with van der Waals surface area (Å²) in [5.41, 5.74) is 0. The van der Waals surface area contributed by atoms with Gasteiger partial charge in [-0.05, 0) is 0 Å². The van der Waals surface area contributed by atoms with Crippen LogP contribution in [0.5, 0.6) is 0 Å². The molecule has 212 valence electrons. The van der Waals surface area contributed by atoms with Gasteiger partial charge in [-0.25, -0.2) is 0 Å². The smallest absolute Gasteiger partial charge is 0.400 e. The maximum absolute atomic E-state index is 13.7. The van der Waals surface area contributed by atoms with Gasteiger partial charge in [-0.3, -0.25) is 0 Å². The van der Waals surface area contributed by atoms with Gasteiger partial charge in [0, 0.05) is 0 Å². The zero-order valence-corrected chi connectivity index (χ0v) is 15.9. The summed E-state index contributed by atoms with van der Waals surface area (Å²) in [7, 11) is 0. The molecule has 0 saturated carbocycles. The fraction of sp³-hybridized carbons (Fsp3) is 0.571. The lowest BCUT2D eigenvalue weighted by Gasteiger charge is -2.36. The molecule has 0 unspecified atom stereocenters. The predicted octanol–water partition coefficient (Wildman–Crippen LogP) is 7.35. The highest BCUT2D eigenvalue weighted by Gasteiger charge is 2.85. The van der Waals surface area contributed by atoms with Gasteiger partial charge in [-0.2, -0.15) is 98.3 Å². The summed E-state index contributed by atoms with van der Waals surface area (Å²) in [6.45, 7) is 0. The van der Waals surface area contributed by atoms with Crippen LogP contribution in [0.15, 0.2) is 23.7 Å². The molecule has 0 aliphatic rings. The number of hydrogen-bond donors (Lipinski definition) is 0. The van der Waals surface area contributed by atoms with Gasteiger partial charge in [0.1, 0.15) is 12.1 Å². The van der Waals surface area contributed by atoms with Gasteiger partial charge in [0.15, 0.2) is 0 Å². The predicted molar refractivity (Wildman–Crippen MR) is 70.4 cm³/mol. The summed E-state index contributed by atoms with van der Waals surface area (Å²) in [6.07, 6.45) is -9.85. The molecule has 37 heavy (non-hydrogen) atoms. The van der Waals surface area contributed by atoms with Crippen LogP contribution in [-0.2, 0) is 4.74 Å². The summed E-state index contributed by atoms with van der Waals surface area (Å²) in [5, 5.41) is 15.4. The summed E-state index contributed by atoms with van der Waals surface area (Å²) in [5.74, 6) is -71.7. The van der Waals surface area contributed by atoms with Crippen LogP contribution in [0, 0.1) is 22.7 Å². The number of alkyl halides is 16. The summed E-state index contributed by atoms with van der Waals surface area (Å²) in [4.78, 5) is 0. The molecule has 0 aromatic carbocycles. The third-order valence-corrected chi connectivity index (χ3v) is 3.76. The van der Waals surface area contributed by atoms with Crippen LogP contribution in [0.1, 0.15) is 0 Å². The van der Waals surface area contributed by atoms with Gasteiger partial charge >= 0.3 is 59.5 Å². The first-order valence-corrected chi connectivity index (χ1v) is 7.64. The molecule has 0 fully saturated rings. The Balaban J connectivity index is 7.16. The number of nitriles is 2. The average molecular weight is 592 g/mol. The van der Waals surface area contributed by atoms with Crippen LogP contribution in [0.4, 0.5) is 87.8 Å². The number of ether oxygens (including phenoxy) is 1. The van der Waals surface area contributed by atoms with Crippen molar-refractivity contribution in [3.8, 4) is 12.1 Å². The van der Waals surface area contributed by atoms with E-state index >= 15 is 0 Å². The van der Waals surface area contributed by atoms with E-state index in [2.05, 4.69) is 0 Å². The lowest BCUT2D eigenvalue weighted by atomic mass is 9.97. The Kier molecular flexibility index (Phi) is 8.52. The minimum atomic E-state index is -8.13. The Bertz CT molecular complexity index is 952. The quantitative estimate of drug-likeness (QED) is 0.197. The van der Waals surface area contributed by atoms with Crippen LogP contribution in [-0.4, -0.2) is 47.4 Å². The van der Waals surface area contributed by atoms with Gasteiger partial charge < -0.3 is 4.74 Å². The second-order valence-electron chi connectivity index (χ2n) is 6.10. The Morgan fingerprint density at radius 2 is 0.649 bits per heavy atom. The number of allylic oxidation sites excluding steroid dienone is 2. The fourth-order valence-electron chi connectivity index (χ4n) is 1.76. The molecule has 23 heteroatoms.